The predicted molar refractivity (Wildman–Crippen MR) is 114 cm³/mol. The Hall–Kier alpha value is -1.58. The monoisotopic (exact) mass is 451 g/mol. The van der Waals surface area contributed by atoms with Crippen molar-refractivity contribution in [1.29, 1.82) is 0 Å². The number of nitrogens with one attached hydrogen (secondary N) is 1. The first-order valence-electron chi connectivity index (χ1n) is 9.26. The lowest BCUT2D eigenvalue weighted by molar-refractivity contribution is -0.145. The van der Waals surface area contributed by atoms with Gasteiger partial charge in [-0.25, -0.2) is 4.98 Å². The van der Waals surface area contributed by atoms with E-state index in [1.807, 2.05) is 42.5 Å². The summed E-state index contributed by atoms with van der Waals surface area (Å²) < 4.78 is 14.0. The van der Waals surface area contributed by atoms with Gasteiger partial charge in [-0.3, -0.25) is 4.40 Å². The first-order chi connectivity index (χ1) is 13.9. The number of aromatic nitrogens is 4. The van der Waals surface area contributed by atoms with E-state index in [4.69, 9.17) is 32.7 Å². The van der Waals surface area contributed by atoms with Crippen LogP contribution in [-0.4, -0.2) is 43.3 Å². The molecule has 1 aromatic carbocycles. The number of halogens is 2. The summed E-state index contributed by atoms with van der Waals surface area (Å²) in [7, 11) is 0. The normalized spacial score (nSPS) is 25.4. The Bertz CT molecular complexity index is 1080. The molecule has 2 fully saturated rings. The van der Waals surface area contributed by atoms with Crippen molar-refractivity contribution in [3.05, 3.63) is 52.0 Å². The number of thioether (sulfide) groups is 1. The highest BCUT2D eigenvalue weighted by atomic mass is 35.5. The van der Waals surface area contributed by atoms with Crippen LogP contribution in [0.5, 0.6) is 0 Å². The van der Waals surface area contributed by atoms with Crippen molar-refractivity contribution in [2.75, 3.05) is 11.1 Å². The predicted octanol–water partition coefficient (Wildman–Crippen LogP) is 4.35. The Morgan fingerprint density at radius 2 is 2.14 bits per heavy atom. The maximum absolute atomic E-state index is 6.31. The van der Waals surface area contributed by atoms with Crippen molar-refractivity contribution in [1.82, 2.24) is 19.6 Å². The summed E-state index contributed by atoms with van der Waals surface area (Å²) >= 11 is 14.1. The second-order valence-corrected chi connectivity index (χ2v) is 9.54. The van der Waals surface area contributed by atoms with Crippen LogP contribution >= 0.6 is 35.0 Å². The minimum absolute atomic E-state index is 0.0102. The number of hydrogen-bond donors (Lipinski definition) is 1. The molecule has 0 aliphatic carbocycles. The van der Waals surface area contributed by atoms with Gasteiger partial charge in [0.2, 0.25) is 5.65 Å². The maximum Gasteiger partial charge on any atom is 0.203 e. The zero-order valence-electron chi connectivity index (χ0n) is 15.8. The lowest BCUT2D eigenvalue weighted by Crippen LogP contribution is -2.24. The number of benzene rings is 1. The summed E-state index contributed by atoms with van der Waals surface area (Å²) in [5.74, 6) is 1.62. The van der Waals surface area contributed by atoms with E-state index >= 15 is 0 Å². The van der Waals surface area contributed by atoms with Gasteiger partial charge in [0.05, 0.1) is 11.4 Å². The van der Waals surface area contributed by atoms with Crippen LogP contribution in [-0.2, 0) is 16.0 Å². The van der Waals surface area contributed by atoms with E-state index in [-0.39, 0.29) is 17.5 Å². The van der Waals surface area contributed by atoms with Crippen LogP contribution in [0.1, 0.15) is 30.5 Å². The number of anilines is 1. The minimum Gasteiger partial charge on any atom is -0.363 e. The van der Waals surface area contributed by atoms with Crippen LogP contribution in [0.15, 0.2) is 30.5 Å². The molecule has 0 saturated carbocycles. The third-order valence-corrected chi connectivity index (χ3v) is 6.73. The van der Waals surface area contributed by atoms with Gasteiger partial charge < -0.3 is 14.8 Å². The highest BCUT2D eigenvalue weighted by molar-refractivity contribution is 7.99. The summed E-state index contributed by atoms with van der Waals surface area (Å²) in [4.78, 5) is 4.40. The second kappa shape index (κ2) is 7.28. The summed E-state index contributed by atoms with van der Waals surface area (Å²) in [6, 6.07) is 7.65. The Morgan fingerprint density at radius 3 is 2.97 bits per heavy atom. The highest BCUT2D eigenvalue weighted by Crippen LogP contribution is 2.48. The summed E-state index contributed by atoms with van der Waals surface area (Å²) in [5.41, 5.74) is 1.65. The molecule has 0 unspecified atom stereocenters. The van der Waals surface area contributed by atoms with Gasteiger partial charge in [0.25, 0.3) is 0 Å². The number of rotatable bonds is 4. The van der Waals surface area contributed by atoms with Crippen molar-refractivity contribution in [2.45, 2.75) is 43.6 Å². The van der Waals surface area contributed by atoms with Gasteiger partial charge in [-0.05, 0) is 31.5 Å². The Kier molecular flexibility index (Phi) is 4.87. The summed E-state index contributed by atoms with van der Waals surface area (Å²) in [6.45, 7) is 4.42. The average molecular weight is 452 g/mol. The minimum atomic E-state index is -0.585. The third kappa shape index (κ3) is 3.68. The molecule has 152 valence electrons. The molecule has 2 saturated heterocycles. The van der Waals surface area contributed by atoms with Crippen molar-refractivity contribution >= 4 is 46.4 Å². The average Bonchev–Trinajstić information content (AvgIpc) is 3.31. The Morgan fingerprint density at radius 1 is 1.28 bits per heavy atom. The molecular weight excluding hydrogens is 433 g/mol. The zero-order chi connectivity index (χ0) is 20.2. The van der Waals surface area contributed by atoms with E-state index in [2.05, 4.69) is 20.5 Å². The lowest BCUT2D eigenvalue weighted by Gasteiger charge is -2.20. The lowest BCUT2D eigenvalue weighted by atomic mass is 10.1. The van der Waals surface area contributed by atoms with Crippen LogP contribution in [0.2, 0.25) is 10.2 Å². The van der Waals surface area contributed by atoms with E-state index in [1.54, 1.807) is 18.0 Å². The van der Waals surface area contributed by atoms with E-state index in [0.29, 0.717) is 28.2 Å². The largest absolute Gasteiger partial charge is 0.363 e. The zero-order valence-corrected chi connectivity index (χ0v) is 18.1. The molecule has 1 N–H and O–H groups in total. The third-order valence-electron chi connectivity index (χ3n) is 4.95. The summed E-state index contributed by atoms with van der Waals surface area (Å²) in [6.07, 6.45) is 1.72. The van der Waals surface area contributed by atoms with Crippen molar-refractivity contribution < 1.29 is 9.47 Å². The van der Waals surface area contributed by atoms with Gasteiger partial charge in [-0.2, -0.15) is 0 Å². The molecule has 2 aliphatic rings. The maximum atomic E-state index is 6.31. The highest BCUT2D eigenvalue weighted by Gasteiger charge is 2.51. The molecule has 5 rings (SSSR count). The molecule has 0 spiro atoms. The fourth-order valence-electron chi connectivity index (χ4n) is 3.79. The van der Waals surface area contributed by atoms with Gasteiger partial charge in [0, 0.05) is 23.5 Å². The second-order valence-electron chi connectivity index (χ2n) is 7.54. The molecule has 0 bridgehead atoms. The molecule has 2 aliphatic heterocycles. The molecule has 7 nitrogen and oxygen atoms in total. The first-order valence-corrected chi connectivity index (χ1v) is 11.1. The van der Waals surface area contributed by atoms with E-state index in [1.165, 1.54) is 0 Å². The van der Waals surface area contributed by atoms with Crippen LogP contribution in [0.4, 0.5) is 5.82 Å². The van der Waals surface area contributed by atoms with Crippen molar-refractivity contribution in [2.24, 2.45) is 0 Å². The van der Waals surface area contributed by atoms with E-state index in [9.17, 15) is 0 Å². The van der Waals surface area contributed by atoms with E-state index < -0.39 is 5.79 Å². The topological polar surface area (TPSA) is 73.6 Å². The van der Waals surface area contributed by atoms with Gasteiger partial charge in [-0.1, -0.05) is 35.3 Å². The fourth-order valence-corrected chi connectivity index (χ4v) is 5.57. The molecule has 0 radical (unpaired) electrons. The van der Waals surface area contributed by atoms with Crippen LogP contribution < -0.4 is 5.32 Å². The van der Waals surface area contributed by atoms with Gasteiger partial charge in [-0.15, -0.1) is 22.0 Å². The molecule has 2 aromatic heterocycles. The number of hydrogen-bond acceptors (Lipinski definition) is 7. The molecule has 0 amide bonds. The fraction of sp³-hybridized carbons (Fsp3) is 0.421. The van der Waals surface area contributed by atoms with Gasteiger partial charge in [0.1, 0.15) is 11.3 Å². The van der Waals surface area contributed by atoms with Crippen LogP contribution in [0.25, 0.3) is 5.65 Å². The quantitative estimate of drug-likeness (QED) is 0.631. The molecule has 29 heavy (non-hydrogen) atoms. The molecular formula is C19H19Cl2N5O2S. The Labute approximate surface area is 182 Å². The summed E-state index contributed by atoms with van der Waals surface area (Å²) in [5, 5.41) is 13.2. The van der Waals surface area contributed by atoms with Crippen LogP contribution in [0.3, 0.4) is 0 Å². The molecule has 4 heterocycles. The molecule has 3 aromatic rings. The number of nitrogens with zero attached hydrogens (tertiary/aromatic N) is 4. The van der Waals surface area contributed by atoms with Crippen molar-refractivity contribution in [3.8, 4) is 0 Å². The molecule has 3 atom stereocenters. The van der Waals surface area contributed by atoms with Crippen molar-refractivity contribution in [3.63, 3.8) is 0 Å². The van der Waals surface area contributed by atoms with Gasteiger partial charge in [0.15, 0.2) is 17.4 Å². The van der Waals surface area contributed by atoms with E-state index in [0.717, 1.165) is 17.1 Å². The smallest absolute Gasteiger partial charge is 0.203 e. The SMILES string of the molecule is CC1(C)O[C@@H]2[C@@H](CS[C@H]2c2nnc3c(NCc4cccc(Cl)c4)nc(Cl)cn23)O1. The first kappa shape index (κ1) is 19.4. The Balaban J connectivity index is 1.45. The standard InChI is InChI=1S/C19H19Cl2N5O2S/c1-19(2)27-12-9-29-15(14(12)28-19)17-24-25-18-16(23-13(21)8-26(17)18)22-7-10-4-3-5-11(20)6-10/h3-6,8,12,14-15H,7,9H2,1-2H3,(H,22,23)/t12-,14-,15-/m1/s1. The number of ether oxygens (including phenoxy) is 2. The van der Waals surface area contributed by atoms with Gasteiger partial charge >= 0.3 is 0 Å². The molecule has 10 heteroatoms. The van der Waals surface area contributed by atoms with Crippen LogP contribution in [0, 0.1) is 0 Å². The number of fused-ring (bicyclic) bond motifs is 2.